The van der Waals surface area contributed by atoms with Crippen molar-refractivity contribution in [1.29, 1.82) is 0 Å². The molecule has 0 aliphatic rings. The van der Waals surface area contributed by atoms with Gasteiger partial charge in [0.1, 0.15) is 17.2 Å². The van der Waals surface area contributed by atoms with E-state index in [-0.39, 0.29) is 16.3 Å². The van der Waals surface area contributed by atoms with Crippen LogP contribution in [0.15, 0.2) is 35.2 Å². The summed E-state index contributed by atoms with van der Waals surface area (Å²) in [7, 11) is -0.948. The van der Waals surface area contributed by atoms with Crippen LogP contribution in [0.1, 0.15) is 12.5 Å². The lowest BCUT2D eigenvalue weighted by Gasteiger charge is -2.15. The van der Waals surface area contributed by atoms with Gasteiger partial charge in [0.15, 0.2) is 0 Å². The second-order valence-corrected chi connectivity index (χ2v) is 7.24. The van der Waals surface area contributed by atoms with E-state index >= 15 is 0 Å². The van der Waals surface area contributed by atoms with Crippen molar-refractivity contribution in [3.63, 3.8) is 0 Å². The van der Waals surface area contributed by atoms with Crippen LogP contribution in [-0.2, 0) is 10.0 Å². The molecule has 2 aromatic rings. The summed E-state index contributed by atoms with van der Waals surface area (Å²) in [6.45, 7) is 4.16. The van der Waals surface area contributed by atoms with Crippen molar-refractivity contribution in [2.45, 2.75) is 18.7 Å². The molecule has 0 saturated heterocycles. The molecule has 0 spiro atoms. The average Bonchev–Trinajstić information content (AvgIpc) is 2.57. The summed E-state index contributed by atoms with van der Waals surface area (Å²) >= 11 is 6.04. The number of rotatable bonds is 7. The SMILES string of the molecule is CCOc1ccc(S(=O)(=O)Nc2cc(OC)c(Cl)cc2OC)cc1C. The van der Waals surface area contributed by atoms with Gasteiger partial charge in [0.2, 0.25) is 0 Å². The van der Waals surface area contributed by atoms with Crippen molar-refractivity contribution in [2.24, 2.45) is 0 Å². The van der Waals surface area contributed by atoms with Crippen molar-refractivity contribution in [2.75, 3.05) is 25.5 Å². The van der Waals surface area contributed by atoms with Gasteiger partial charge in [-0.3, -0.25) is 4.72 Å². The van der Waals surface area contributed by atoms with E-state index in [1.165, 1.54) is 32.4 Å². The zero-order chi connectivity index (χ0) is 18.6. The van der Waals surface area contributed by atoms with Crippen molar-refractivity contribution in [3.05, 3.63) is 40.9 Å². The number of aryl methyl sites for hydroxylation is 1. The first-order valence-corrected chi connectivity index (χ1v) is 9.36. The first-order chi connectivity index (χ1) is 11.8. The Balaban J connectivity index is 2.40. The van der Waals surface area contributed by atoms with Crippen LogP contribution in [0.4, 0.5) is 5.69 Å². The van der Waals surface area contributed by atoms with Crippen LogP contribution in [0.25, 0.3) is 0 Å². The first kappa shape index (κ1) is 19.2. The molecular weight excluding hydrogens is 366 g/mol. The molecule has 136 valence electrons. The molecule has 0 radical (unpaired) electrons. The number of nitrogens with one attached hydrogen (secondary N) is 1. The molecule has 0 saturated carbocycles. The summed E-state index contributed by atoms with van der Waals surface area (Å²) in [5.41, 5.74) is 0.959. The fraction of sp³-hybridized carbons (Fsp3) is 0.294. The largest absolute Gasteiger partial charge is 0.495 e. The van der Waals surface area contributed by atoms with Crippen LogP contribution in [0.2, 0.25) is 5.02 Å². The standard InChI is InChI=1S/C17H20ClNO5S/c1-5-24-15-7-6-12(8-11(15)2)25(20,21)19-14-10-16(22-3)13(18)9-17(14)23-4/h6-10,19H,5H2,1-4H3. The highest BCUT2D eigenvalue weighted by Gasteiger charge is 2.19. The molecule has 6 nitrogen and oxygen atoms in total. The van der Waals surface area contributed by atoms with E-state index in [4.69, 9.17) is 25.8 Å². The number of anilines is 1. The molecule has 0 fully saturated rings. The van der Waals surface area contributed by atoms with E-state index < -0.39 is 10.0 Å². The van der Waals surface area contributed by atoms with Crippen molar-refractivity contribution in [1.82, 2.24) is 0 Å². The van der Waals surface area contributed by atoms with E-state index in [1.807, 2.05) is 6.92 Å². The lowest BCUT2D eigenvalue weighted by molar-refractivity contribution is 0.337. The Hall–Kier alpha value is -2.12. The van der Waals surface area contributed by atoms with E-state index in [1.54, 1.807) is 19.1 Å². The van der Waals surface area contributed by atoms with Gasteiger partial charge in [-0.25, -0.2) is 8.42 Å². The molecule has 8 heteroatoms. The number of sulfonamides is 1. The molecule has 25 heavy (non-hydrogen) atoms. The predicted octanol–water partition coefficient (Wildman–Crippen LogP) is 3.87. The van der Waals surface area contributed by atoms with Crippen LogP contribution in [-0.4, -0.2) is 29.2 Å². The van der Waals surface area contributed by atoms with E-state index in [0.29, 0.717) is 23.1 Å². The van der Waals surface area contributed by atoms with Crippen molar-refractivity contribution in [3.8, 4) is 17.2 Å². The highest BCUT2D eigenvalue weighted by Crippen LogP contribution is 2.37. The quantitative estimate of drug-likeness (QED) is 0.783. The Bertz CT molecular complexity index is 868. The zero-order valence-electron chi connectivity index (χ0n) is 14.4. The summed E-state index contributed by atoms with van der Waals surface area (Å²) < 4.78 is 43.7. The second kappa shape index (κ2) is 7.84. The third-order valence-corrected chi connectivity index (χ3v) is 5.13. The number of ether oxygens (including phenoxy) is 3. The maximum Gasteiger partial charge on any atom is 0.262 e. The fourth-order valence-corrected chi connectivity index (χ4v) is 3.63. The first-order valence-electron chi connectivity index (χ1n) is 7.50. The Morgan fingerprint density at radius 3 is 2.28 bits per heavy atom. The molecular formula is C17H20ClNO5S. The molecule has 0 bridgehead atoms. The molecule has 0 aliphatic heterocycles. The van der Waals surface area contributed by atoms with Gasteiger partial charge in [0.25, 0.3) is 10.0 Å². The minimum absolute atomic E-state index is 0.115. The molecule has 0 amide bonds. The molecule has 0 aliphatic carbocycles. The molecule has 0 heterocycles. The second-order valence-electron chi connectivity index (χ2n) is 5.15. The lowest BCUT2D eigenvalue weighted by atomic mass is 10.2. The fourth-order valence-electron chi connectivity index (χ4n) is 2.25. The number of benzene rings is 2. The summed E-state index contributed by atoms with van der Waals surface area (Å²) in [5.74, 6) is 1.27. The predicted molar refractivity (Wildman–Crippen MR) is 97.7 cm³/mol. The molecule has 2 aromatic carbocycles. The minimum Gasteiger partial charge on any atom is -0.495 e. The lowest BCUT2D eigenvalue weighted by Crippen LogP contribution is -2.14. The van der Waals surface area contributed by atoms with Gasteiger partial charge in [-0.1, -0.05) is 11.6 Å². The van der Waals surface area contributed by atoms with Crippen LogP contribution in [0, 0.1) is 6.92 Å². The van der Waals surface area contributed by atoms with Crippen LogP contribution in [0.3, 0.4) is 0 Å². The zero-order valence-corrected chi connectivity index (χ0v) is 16.0. The number of methoxy groups -OCH3 is 2. The molecule has 0 aromatic heterocycles. The maximum atomic E-state index is 12.7. The third kappa shape index (κ3) is 4.29. The van der Waals surface area contributed by atoms with Gasteiger partial charge in [0, 0.05) is 12.1 Å². The third-order valence-electron chi connectivity index (χ3n) is 3.47. The summed E-state index contributed by atoms with van der Waals surface area (Å²) in [5, 5.41) is 0.319. The normalized spacial score (nSPS) is 11.1. The number of hydrogen-bond acceptors (Lipinski definition) is 5. The molecule has 1 N–H and O–H groups in total. The highest BCUT2D eigenvalue weighted by molar-refractivity contribution is 7.92. The summed E-state index contributed by atoms with van der Waals surface area (Å²) in [6.07, 6.45) is 0. The van der Waals surface area contributed by atoms with Gasteiger partial charge < -0.3 is 14.2 Å². The Labute approximate surface area is 152 Å². The number of halogens is 1. The van der Waals surface area contributed by atoms with E-state index in [2.05, 4.69) is 4.72 Å². The highest BCUT2D eigenvalue weighted by atomic mass is 35.5. The monoisotopic (exact) mass is 385 g/mol. The average molecular weight is 386 g/mol. The van der Waals surface area contributed by atoms with E-state index in [9.17, 15) is 8.42 Å². The minimum atomic E-state index is -3.82. The number of hydrogen-bond donors (Lipinski definition) is 1. The Kier molecular flexibility index (Phi) is 6.02. The molecule has 0 atom stereocenters. The van der Waals surface area contributed by atoms with E-state index in [0.717, 1.165) is 5.56 Å². The van der Waals surface area contributed by atoms with Gasteiger partial charge in [-0.05, 0) is 37.6 Å². The van der Waals surface area contributed by atoms with Crippen LogP contribution < -0.4 is 18.9 Å². The smallest absolute Gasteiger partial charge is 0.262 e. The van der Waals surface area contributed by atoms with Crippen molar-refractivity contribution >= 4 is 27.3 Å². The maximum absolute atomic E-state index is 12.7. The molecule has 2 rings (SSSR count). The topological polar surface area (TPSA) is 73.9 Å². The Morgan fingerprint density at radius 1 is 1.04 bits per heavy atom. The summed E-state index contributed by atoms with van der Waals surface area (Å²) in [4.78, 5) is 0.115. The molecule has 0 unspecified atom stereocenters. The van der Waals surface area contributed by atoms with Crippen molar-refractivity contribution < 1.29 is 22.6 Å². The van der Waals surface area contributed by atoms with Gasteiger partial charge in [-0.2, -0.15) is 0 Å². The van der Waals surface area contributed by atoms with Gasteiger partial charge in [-0.15, -0.1) is 0 Å². The van der Waals surface area contributed by atoms with Crippen LogP contribution >= 0.6 is 11.6 Å². The van der Waals surface area contributed by atoms with Gasteiger partial charge >= 0.3 is 0 Å². The Morgan fingerprint density at radius 2 is 1.72 bits per heavy atom. The van der Waals surface area contributed by atoms with Crippen LogP contribution in [0.5, 0.6) is 17.2 Å². The van der Waals surface area contributed by atoms with Gasteiger partial charge in [0.05, 0.1) is 36.4 Å². The summed E-state index contributed by atoms with van der Waals surface area (Å²) in [6, 6.07) is 7.63.